The summed E-state index contributed by atoms with van der Waals surface area (Å²) in [6, 6.07) is 0.167. The van der Waals surface area contributed by atoms with Crippen LogP contribution in [0.3, 0.4) is 0 Å². The Morgan fingerprint density at radius 3 is 2.71 bits per heavy atom. The summed E-state index contributed by atoms with van der Waals surface area (Å²) in [6.07, 6.45) is 2.06. The monoisotopic (exact) mass is 217 g/mol. The van der Waals surface area contributed by atoms with Gasteiger partial charge in [-0.2, -0.15) is 11.8 Å². The number of nitrogens with one attached hydrogen (secondary N) is 1. The average molecular weight is 217 g/mol. The molecule has 1 rings (SSSR count). The summed E-state index contributed by atoms with van der Waals surface area (Å²) < 4.78 is 0. The Kier molecular flexibility index (Phi) is 5.11. The molecule has 0 aliphatic carbocycles. The van der Waals surface area contributed by atoms with Gasteiger partial charge in [0.1, 0.15) is 0 Å². The number of hydrogen-bond donors (Lipinski definition) is 1. The molecule has 0 atom stereocenters. The summed E-state index contributed by atoms with van der Waals surface area (Å²) >= 11 is 1.77. The fraction of sp³-hybridized carbons (Fsp3) is 0.889. The third kappa shape index (κ3) is 3.38. The molecule has 0 spiro atoms. The summed E-state index contributed by atoms with van der Waals surface area (Å²) in [5, 5.41) is 3.24. The van der Waals surface area contributed by atoms with E-state index in [1.54, 1.807) is 11.8 Å². The minimum absolute atomic E-state index is 0.167. The van der Waals surface area contributed by atoms with Crippen molar-refractivity contribution in [3.63, 3.8) is 0 Å². The summed E-state index contributed by atoms with van der Waals surface area (Å²) in [7, 11) is 1.88. The molecule has 1 aliphatic rings. The van der Waals surface area contributed by atoms with Crippen molar-refractivity contribution in [1.29, 1.82) is 0 Å². The van der Waals surface area contributed by atoms with Gasteiger partial charge in [0, 0.05) is 45.5 Å². The van der Waals surface area contributed by atoms with Gasteiger partial charge in [0.05, 0.1) is 0 Å². The van der Waals surface area contributed by atoms with Crippen LogP contribution in [-0.4, -0.2) is 67.6 Å². The van der Waals surface area contributed by atoms with E-state index in [1.807, 2.05) is 16.8 Å². The van der Waals surface area contributed by atoms with Gasteiger partial charge in [-0.3, -0.25) is 0 Å². The lowest BCUT2D eigenvalue weighted by molar-refractivity contribution is 0.158. The van der Waals surface area contributed by atoms with Gasteiger partial charge in [0.15, 0.2) is 0 Å². The highest BCUT2D eigenvalue weighted by molar-refractivity contribution is 7.98. The number of amides is 2. The van der Waals surface area contributed by atoms with Gasteiger partial charge in [0.25, 0.3) is 0 Å². The Morgan fingerprint density at radius 1 is 1.50 bits per heavy atom. The highest BCUT2D eigenvalue weighted by Gasteiger charge is 2.18. The smallest absolute Gasteiger partial charge is 0.319 e. The molecule has 1 aliphatic heterocycles. The van der Waals surface area contributed by atoms with Gasteiger partial charge < -0.3 is 15.1 Å². The molecule has 2 amide bonds. The van der Waals surface area contributed by atoms with Crippen LogP contribution >= 0.6 is 11.8 Å². The zero-order chi connectivity index (χ0) is 10.4. The van der Waals surface area contributed by atoms with E-state index >= 15 is 0 Å². The molecule has 0 aromatic heterocycles. The van der Waals surface area contributed by atoms with Crippen LogP contribution in [0, 0.1) is 0 Å². The number of hydrogen-bond acceptors (Lipinski definition) is 3. The van der Waals surface area contributed by atoms with Crippen molar-refractivity contribution >= 4 is 17.8 Å². The van der Waals surface area contributed by atoms with E-state index in [9.17, 15) is 4.79 Å². The van der Waals surface area contributed by atoms with E-state index in [-0.39, 0.29) is 6.03 Å². The van der Waals surface area contributed by atoms with Gasteiger partial charge in [-0.05, 0) is 6.26 Å². The van der Waals surface area contributed by atoms with Crippen LogP contribution in [0.5, 0.6) is 0 Å². The maximum Gasteiger partial charge on any atom is 0.319 e. The van der Waals surface area contributed by atoms with Gasteiger partial charge in [0.2, 0.25) is 0 Å². The SMILES string of the molecule is CSCCN(C)C(=O)N1CCNCC1. The second-order valence-corrected chi connectivity index (χ2v) is 4.42. The zero-order valence-electron chi connectivity index (χ0n) is 8.95. The molecule has 1 fully saturated rings. The first kappa shape index (κ1) is 11.7. The van der Waals surface area contributed by atoms with Crippen LogP contribution in [0.4, 0.5) is 4.79 Å². The lowest BCUT2D eigenvalue weighted by Crippen LogP contribution is -2.50. The van der Waals surface area contributed by atoms with Crippen LogP contribution in [0.15, 0.2) is 0 Å². The number of rotatable bonds is 3. The molecule has 0 saturated carbocycles. The second kappa shape index (κ2) is 6.14. The topological polar surface area (TPSA) is 35.6 Å². The number of piperazine rings is 1. The van der Waals surface area contributed by atoms with Crippen molar-refractivity contribution in [2.75, 3.05) is 51.8 Å². The quantitative estimate of drug-likeness (QED) is 0.739. The summed E-state index contributed by atoms with van der Waals surface area (Å²) in [4.78, 5) is 15.5. The Balaban J connectivity index is 2.30. The summed E-state index contributed by atoms with van der Waals surface area (Å²) in [5.41, 5.74) is 0. The van der Waals surface area contributed by atoms with Crippen molar-refractivity contribution in [2.24, 2.45) is 0 Å². The third-order valence-electron chi connectivity index (χ3n) is 2.34. The van der Waals surface area contributed by atoms with Gasteiger partial charge in [-0.25, -0.2) is 4.79 Å². The molecule has 1 N–H and O–H groups in total. The van der Waals surface area contributed by atoms with E-state index in [2.05, 4.69) is 11.6 Å². The number of nitrogens with zero attached hydrogens (tertiary/aromatic N) is 2. The minimum atomic E-state index is 0.167. The third-order valence-corrected chi connectivity index (χ3v) is 2.94. The molecule has 4 nitrogen and oxygen atoms in total. The second-order valence-electron chi connectivity index (χ2n) is 3.43. The van der Waals surface area contributed by atoms with Crippen molar-refractivity contribution in [2.45, 2.75) is 0 Å². The number of carbonyl (C=O) groups is 1. The first-order valence-corrected chi connectivity index (χ1v) is 6.35. The first-order chi connectivity index (χ1) is 6.75. The van der Waals surface area contributed by atoms with E-state index in [1.165, 1.54) is 0 Å². The standard InChI is InChI=1S/C9H19N3OS/c1-11(7-8-14-2)9(13)12-5-3-10-4-6-12/h10H,3-8H2,1-2H3. The molecule has 82 valence electrons. The average Bonchev–Trinajstić information content (AvgIpc) is 2.26. The maximum atomic E-state index is 11.8. The summed E-state index contributed by atoms with van der Waals surface area (Å²) in [5.74, 6) is 1.01. The molecule has 1 saturated heterocycles. The van der Waals surface area contributed by atoms with E-state index in [4.69, 9.17) is 0 Å². The van der Waals surface area contributed by atoms with Crippen molar-refractivity contribution < 1.29 is 4.79 Å². The van der Waals surface area contributed by atoms with Crippen LogP contribution < -0.4 is 5.32 Å². The van der Waals surface area contributed by atoms with Gasteiger partial charge >= 0.3 is 6.03 Å². The molecular weight excluding hydrogens is 198 g/mol. The van der Waals surface area contributed by atoms with Crippen molar-refractivity contribution in [3.05, 3.63) is 0 Å². The summed E-state index contributed by atoms with van der Waals surface area (Å²) in [6.45, 7) is 4.35. The predicted octanol–water partition coefficient (Wildman–Crippen LogP) is 0.306. The van der Waals surface area contributed by atoms with Crippen LogP contribution in [-0.2, 0) is 0 Å². The number of urea groups is 1. The fourth-order valence-electron chi connectivity index (χ4n) is 1.42. The van der Waals surface area contributed by atoms with Gasteiger partial charge in [-0.15, -0.1) is 0 Å². The number of thioether (sulfide) groups is 1. The molecule has 0 unspecified atom stereocenters. The lowest BCUT2D eigenvalue weighted by Gasteiger charge is -2.31. The fourth-order valence-corrected chi connectivity index (χ4v) is 1.88. The predicted molar refractivity (Wildman–Crippen MR) is 60.9 cm³/mol. The minimum Gasteiger partial charge on any atom is -0.327 e. The van der Waals surface area contributed by atoms with Crippen LogP contribution in [0.25, 0.3) is 0 Å². The Morgan fingerprint density at radius 2 is 2.14 bits per heavy atom. The lowest BCUT2D eigenvalue weighted by atomic mass is 10.4. The molecule has 1 heterocycles. The molecule has 0 aromatic rings. The number of carbonyl (C=O) groups excluding carboxylic acids is 1. The Bertz CT molecular complexity index is 183. The van der Waals surface area contributed by atoms with Crippen LogP contribution in [0.2, 0.25) is 0 Å². The van der Waals surface area contributed by atoms with Crippen molar-refractivity contribution in [3.8, 4) is 0 Å². The maximum absolute atomic E-state index is 11.8. The Hall–Kier alpha value is -0.420. The van der Waals surface area contributed by atoms with E-state index < -0.39 is 0 Å². The molecule has 0 aromatic carbocycles. The molecule has 5 heteroatoms. The highest BCUT2D eigenvalue weighted by atomic mass is 32.2. The highest BCUT2D eigenvalue weighted by Crippen LogP contribution is 2.00. The van der Waals surface area contributed by atoms with Crippen molar-refractivity contribution in [1.82, 2.24) is 15.1 Å². The van der Waals surface area contributed by atoms with E-state index in [0.29, 0.717) is 0 Å². The largest absolute Gasteiger partial charge is 0.327 e. The van der Waals surface area contributed by atoms with E-state index in [0.717, 1.165) is 38.5 Å². The zero-order valence-corrected chi connectivity index (χ0v) is 9.77. The molecular formula is C9H19N3OS. The molecule has 0 radical (unpaired) electrons. The molecule has 0 bridgehead atoms. The molecule has 14 heavy (non-hydrogen) atoms. The van der Waals surface area contributed by atoms with Crippen LogP contribution in [0.1, 0.15) is 0 Å². The Labute approximate surface area is 90.0 Å². The normalized spacial score (nSPS) is 16.9. The van der Waals surface area contributed by atoms with Gasteiger partial charge in [-0.1, -0.05) is 0 Å². The first-order valence-electron chi connectivity index (χ1n) is 4.95.